The smallest absolute Gasteiger partial charge is 0.318 e. The number of urea groups is 1. The van der Waals surface area contributed by atoms with Crippen molar-refractivity contribution in [2.75, 3.05) is 24.3 Å². The summed E-state index contributed by atoms with van der Waals surface area (Å²) in [6.45, 7) is 4.44. The Morgan fingerprint density at radius 1 is 1.06 bits per heavy atom. The lowest BCUT2D eigenvalue weighted by atomic mass is 9.94. The minimum Gasteiger partial charge on any atom is -0.377 e. The zero-order valence-corrected chi connectivity index (χ0v) is 20.8. The molecule has 33 heavy (non-hydrogen) atoms. The van der Waals surface area contributed by atoms with Gasteiger partial charge in [0.25, 0.3) is 5.91 Å². The molecule has 0 spiro atoms. The molecule has 2 N–H and O–H groups in total. The standard InChI is InChI=1S/C26H35ClN4O2/c1-18(2)28-26(33)31(21-10-6-5-7-11-21)17-19-16-20(14-15-24(19)30(3)4)29-25(32)22-12-8-9-13-23(22)27/h8-9,12-16,18,21H,5-7,10-11,17H2,1-4H3,(H,28,33)(H,29,32). The average Bonchev–Trinajstić information content (AvgIpc) is 2.77. The number of halogens is 1. The molecule has 2 aromatic carbocycles. The Bertz CT molecular complexity index is 971. The maximum absolute atomic E-state index is 13.1. The van der Waals surface area contributed by atoms with Crippen LogP contribution in [0.15, 0.2) is 42.5 Å². The topological polar surface area (TPSA) is 64.7 Å². The molecule has 6 nitrogen and oxygen atoms in total. The molecular formula is C26H35ClN4O2. The predicted octanol–water partition coefficient (Wildman–Crippen LogP) is 5.91. The van der Waals surface area contributed by atoms with Crippen molar-refractivity contribution in [3.05, 3.63) is 58.6 Å². The quantitative estimate of drug-likeness (QED) is 0.528. The van der Waals surface area contributed by atoms with Crippen molar-refractivity contribution in [3.8, 4) is 0 Å². The summed E-state index contributed by atoms with van der Waals surface area (Å²) in [5.41, 5.74) is 3.11. The number of nitrogens with zero attached hydrogens (tertiary/aromatic N) is 2. The van der Waals surface area contributed by atoms with Crippen LogP contribution in [0.3, 0.4) is 0 Å². The van der Waals surface area contributed by atoms with Gasteiger partial charge in [-0.25, -0.2) is 4.79 Å². The molecule has 1 fully saturated rings. The van der Waals surface area contributed by atoms with Gasteiger partial charge < -0.3 is 20.4 Å². The van der Waals surface area contributed by atoms with Crippen LogP contribution in [0.5, 0.6) is 0 Å². The van der Waals surface area contributed by atoms with E-state index in [9.17, 15) is 9.59 Å². The Kier molecular flexibility index (Phi) is 8.61. The highest BCUT2D eigenvalue weighted by atomic mass is 35.5. The van der Waals surface area contributed by atoms with Crippen LogP contribution in [0.25, 0.3) is 0 Å². The van der Waals surface area contributed by atoms with Crippen LogP contribution in [-0.2, 0) is 6.54 Å². The highest BCUT2D eigenvalue weighted by Crippen LogP contribution is 2.29. The van der Waals surface area contributed by atoms with Gasteiger partial charge in [-0.05, 0) is 62.6 Å². The van der Waals surface area contributed by atoms with E-state index in [0.29, 0.717) is 22.8 Å². The van der Waals surface area contributed by atoms with Crippen LogP contribution < -0.4 is 15.5 Å². The molecule has 0 bridgehead atoms. The Morgan fingerprint density at radius 3 is 2.39 bits per heavy atom. The third-order valence-electron chi connectivity index (χ3n) is 5.97. The fraction of sp³-hybridized carbons (Fsp3) is 0.462. The first-order chi connectivity index (χ1) is 15.8. The molecule has 0 aromatic heterocycles. The van der Waals surface area contributed by atoms with Crippen LogP contribution in [0.4, 0.5) is 16.2 Å². The second-order valence-electron chi connectivity index (χ2n) is 9.20. The monoisotopic (exact) mass is 470 g/mol. The van der Waals surface area contributed by atoms with Crippen molar-refractivity contribution in [2.45, 2.75) is 64.6 Å². The van der Waals surface area contributed by atoms with E-state index in [0.717, 1.165) is 36.9 Å². The molecule has 0 radical (unpaired) electrons. The van der Waals surface area contributed by atoms with Crippen molar-refractivity contribution >= 4 is 34.9 Å². The van der Waals surface area contributed by atoms with Gasteiger partial charge in [-0.2, -0.15) is 0 Å². The Balaban J connectivity index is 1.89. The summed E-state index contributed by atoms with van der Waals surface area (Å²) in [5.74, 6) is -0.258. The summed E-state index contributed by atoms with van der Waals surface area (Å²) in [6, 6.07) is 13.1. The summed E-state index contributed by atoms with van der Waals surface area (Å²) < 4.78 is 0. The number of carbonyl (C=O) groups is 2. The highest BCUT2D eigenvalue weighted by molar-refractivity contribution is 6.34. The molecule has 0 atom stereocenters. The SMILES string of the molecule is CC(C)NC(=O)N(Cc1cc(NC(=O)c2ccccc2Cl)ccc1N(C)C)C1CCCCC1. The van der Waals surface area contributed by atoms with Crippen LogP contribution in [0.1, 0.15) is 61.9 Å². The molecule has 0 aliphatic heterocycles. The lowest BCUT2D eigenvalue weighted by molar-refractivity contribution is 0.102. The van der Waals surface area contributed by atoms with E-state index in [-0.39, 0.29) is 24.0 Å². The molecule has 0 heterocycles. The minimum atomic E-state index is -0.258. The summed E-state index contributed by atoms with van der Waals surface area (Å²) in [7, 11) is 3.97. The van der Waals surface area contributed by atoms with E-state index in [1.165, 1.54) is 6.42 Å². The van der Waals surface area contributed by atoms with E-state index < -0.39 is 0 Å². The maximum atomic E-state index is 13.1. The lowest BCUT2D eigenvalue weighted by Gasteiger charge is -2.36. The number of hydrogen-bond donors (Lipinski definition) is 2. The lowest BCUT2D eigenvalue weighted by Crippen LogP contribution is -2.48. The average molecular weight is 471 g/mol. The molecule has 1 aliphatic carbocycles. The normalized spacial score (nSPS) is 14.1. The highest BCUT2D eigenvalue weighted by Gasteiger charge is 2.27. The van der Waals surface area contributed by atoms with Gasteiger partial charge in [0.1, 0.15) is 0 Å². The van der Waals surface area contributed by atoms with Crippen molar-refractivity contribution in [3.63, 3.8) is 0 Å². The molecular weight excluding hydrogens is 436 g/mol. The van der Waals surface area contributed by atoms with E-state index in [2.05, 4.69) is 10.6 Å². The molecule has 7 heteroatoms. The van der Waals surface area contributed by atoms with Gasteiger partial charge in [0.2, 0.25) is 0 Å². The first kappa shape index (κ1) is 24.9. The number of carbonyl (C=O) groups excluding carboxylic acids is 2. The zero-order valence-electron chi connectivity index (χ0n) is 20.0. The Hall–Kier alpha value is -2.73. The number of amides is 3. The first-order valence-corrected chi connectivity index (χ1v) is 12.1. The fourth-order valence-corrected chi connectivity index (χ4v) is 4.56. The number of nitrogens with one attached hydrogen (secondary N) is 2. The minimum absolute atomic E-state index is 0.0351. The van der Waals surface area contributed by atoms with Crippen molar-refractivity contribution < 1.29 is 9.59 Å². The molecule has 0 unspecified atom stereocenters. The summed E-state index contributed by atoms with van der Waals surface area (Å²) in [6.07, 6.45) is 5.55. The van der Waals surface area contributed by atoms with Gasteiger partial charge in [-0.15, -0.1) is 0 Å². The Morgan fingerprint density at radius 2 is 1.76 bits per heavy atom. The third-order valence-corrected chi connectivity index (χ3v) is 6.30. The summed E-state index contributed by atoms with van der Waals surface area (Å²) >= 11 is 6.20. The molecule has 0 saturated heterocycles. The van der Waals surface area contributed by atoms with Crippen LogP contribution >= 0.6 is 11.6 Å². The molecule has 3 amide bonds. The molecule has 1 aliphatic rings. The molecule has 3 rings (SSSR count). The zero-order chi connectivity index (χ0) is 24.0. The van der Waals surface area contributed by atoms with Gasteiger partial charge in [0.15, 0.2) is 0 Å². The van der Waals surface area contributed by atoms with Crippen LogP contribution in [0.2, 0.25) is 5.02 Å². The van der Waals surface area contributed by atoms with Crippen molar-refractivity contribution in [1.29, 1.82) is 0 Å². The van der Waals surface area contributed by atoms with Crippen LogP contribution in [-0.4, -0.2) is 43.0 Å². The predicted molar refractivity (Wildman–Crippen MR) is 136 cm³/mol. The van der Waals surface area contributed by atoms with E-state index in [1.54, 1.807) is 24.3 Å². The van der Waals surface area contributed by atoms with Gasteiger partial charge in [0.05, 0.1) is 10.6 Å². The van der Waals surface area contributed by atoms with Crippen molar-refractivity contribution in [2.24, 2.45) is 0 Å². The van der Waals surface area contributed by atoms with Crippen LogP contribution in [0, 0.1) is 0 Å². The summed E-state index contributed by atoms with van der Waals surface area (Å²) in [5, 5.41) is 6.44. The number of rotatable bonds is 7. The summed E-state index contributed by atoms with van der Waals surface area (Å²) in [4.78, 5) is 29.9. The van der Waals surface area contributed by atoms with E-state index in [1.807, 2.05) is 55.9 Å². The van der Waals surface area contributed by atoms with E-state index >= 15 is 0 Å². The second kappa shape index (κ2) is 11.4. The van der Waals surface area contributed by atoms with E-state index in [4.69, 9.17) is 11.6 Å². The van der Waals surface area contributed by atoms with Crippen molar-refractivity contribution in [1.82, 2.24) is 10.2 Å². The maximum Gasteiger partial charge on any atom is 0.318 e. The molecule has 178 valence electrons. The molecule has 1 saturated carbocycles. The largest absolute Gasteiger partial charge is 0.377 e. The van der Waals surface area contributed by atoms with Gasteiger partial charge in [-0.3, -0.25) is 4.79 Å². The van der Waals surface area contributed by atoms with Gasteiger partial charge in [0, 0.05) is 44.1 Å². The van der Waals surface area contributed by atoms with Gasteiger partial charge in [-0.1, -0.05) is 43.0 Å². The number of anilines is 2. The number of hydrogen-bond acceptors (Lipinski definition) is 3. The second-order valence-corrected chi connectivity index (χ2v) is 9.60. The molecule has 2 aromatic rings. The fourth-order valence-electron chi connectivity index (χ4n) is 4.34. The first-order valence-electron chi connectivity index (χ1n) is 11.7. The third kappa shape index (κ3) is 6.64. The number of benzene rings is 2. The Labute approximate surface area is 202 Å². The van der Waals surface area contributed by atoms with Gasteiger partial charge >= 0.3 is 6.03 Å².